The highest BCUT2D eigenvalue weighted by Crippen LogP contribution is 2.28. The van der Waals surface area contributed by atoms with E-state index in [2.05, 4.69) is 5.10 Å². The fourth-order valence-corrected chi connectivity index (χ4v) is 2.93. The average Bonchev–Trinajstić information content (AvgIpc) is 2.75. The third-order valence-electron chi connectivity index (χ3n) is 3.41. The number of aromatic nitrogens is 2. The second-order valence-electron chi connectivity index (χ2n) is 4.71. The molecule has 0 bridgehead atoms. The maximum atomic E-state index is 6.41. The van der Waals surface area contributed by atoms with Crippen molar-refractivity contribution >= 4 is 23.2 Å². The van der Waals surface area contributed by atoms with Crippen LogP contribution in [0.1, 0.15) is 36.8 Å². The summed E-state index contributed by atoms with van der Waals surface area (Å²) < 4.78 is 1.93. The number of rotatable bonds is 5. The van der Waals surface area contributed by atoms with Crippen molar-refractivity contribution in [2.75, 3.05) is 0 Å². The zero-order valence-corrected chi connectivity index (χ0v) is 13.2. The largest absolute Gasteiger partial charge is 0.324 e. The molecule has 0 aliphatic rings. The van der Waals surface area contributed by atoms with Crippen molar-refractivity contribution in [2.24, 2.45) is 5.73 Å². The SMILES string of the molecule is CCc1nn(CC)c(CC(N)c2ccccc2Cl)c1Cl. The first-order valence-corrected chi connectivity index (χ1v) is 7.58. The Morgan fingerprint density at radius 3 is 2.55 bits per heavy atom. The number of hydrogen-bond acceptors (Lipinski definition) is 2. The van der Waals surface area contributed by atoms with E-state index in [1.807, 2.05) is 42.8 Å². The quantitative estimate of drug-likeness (QED) is 0.906. The van der Waals surface area contributed by atoms with Gasteiger partial charge in [0.05, 0.1) is 16.4 Å². The second kappa shape index (κ2) is 6.61. The van der Waals surface area contributed by atoms with E-state index in [1.165, 1.54) is 0 Å². The minimum Gasteiger partial charge on any atom is -0.324 e. The van der Waals surface area contributed by atoms with Crippen molar-refractivity contribution in [2.45, 2.75) is 39.3 Å². The van der Waals surface area contributed by atoms with E-state index < -0.39 is 0 Å². The zero-order chi connectivity index (χ0) is 14.7. The summed E-state index contributed by atoms with van der Waals surface area (Å²) in [7, 11) is 0. The molecule has 20 heavy (non-hydrogen) atoms. The van der Waals surface area contributed by atoms with E-state index in [4.69, 9.17) is 28.9 Å². The number of halogens is 2. The van der Waals surface area contributed by atoms with Crippen molar-refractivity contribution < 1.29 is 0 Å². The maximum absolute atomic E-state index is 6.41. The minimum atomic E-state index is -0.187. The normalized spacial score (nSPS) is 12.7. The van der Waals surface area contributed by atoms with Crippen LogP contribution in [0.5, 0.6) is 0 Å². The Kier molecular flexibility index (Phi) is 5.08. The topological polar surface area (TPSA) is 43.8 Å². The van der Waals surface area contributed by atoms with E-state index in [-0.39, 0.29) is 6.04 Å². The van der Waals surface area contributed by atoms with Crippen molar-refractivity contribution in [1.82, 2.24) is 9.78 Å². The molecule has 0 radical (unpaired) electrons. The Morgan fingerprint density at radius 2 is 1.95 bits per heavy atom. The first-order chi connectivity index (χ1) is 9.58. The van der Waals surface area contributed by atoms with Gasteiger partial charge in [0.2, 0.25) is 0 Å². The summed E-state index contributed by atoms with van der Waals surface area (Å²) in [5, 5.41) is 5.93. The van der Waals surface area contributed by atoms with Gasteiger partial charge in [0, 0.05) is 24.0 Å². The number of hydrogen-bond donors (Lipinski definition) is 1. The fourth-order valence-electron chi connectivity index (χ4n) is 2.31. The van der Waals surface area contributed by atoms with Gasteiger partial charge >= 0.3 is 0 Å². The number of benzene rings is 1. The number of aryl methyl sites for hydroxylation is 2. The Morgan fingerprint density at radius 1 is 1.25 bits per heavy atom. The molecular formula is C15H19Cl2N3. The third-order valence-corrected chi connectivity index (χ3v) is 4.19. The van der Waals surface area contributed by atoms with Gasteiger partial charge in [-0.25, -0.2) is 0 Å². The summed E-state index contributed by atoms with van der Waals surface area (Å²) in [5.74, 6) is 0. The molecule has 0 amide bonds. The minimum absolute atomic E-state index is 0.187. The smallest absolute Gasteiger partial charge is 0.0850 e. The monoisotopic (exact) mass is 311 g/mol. The molecule has 108 valence electrons. The predicted molar refractivity (Wildman–Crippen MR) is 84.4 cm³/mol. The van der Waals surface area contributed by atoms with Gasteiger partial charge in [0.1, 0.15) is 0 Å². The lowest BCUT2D eigenvalue weighted by Crippen LogP contribution is -2.16. The van der Waals surface area contributed by atoms with Crippen LogP contribution >= 0.6 is 23.2 Å². The molecule has 1 unspecified atom stereocenters. The van der Waals surface area contributed by atoms with Gasteiger partial charge in [-0.2, -0.15) is 5.10 Å². The fraction of sp³-hybridized carbons (Fsp3) is 0.400. The van der Waals surface area contributed by atoms with Crippen LogP contribution in [0.25, 0.3) is 0 Å². The molecule has 1 atom stereocenters. The van der Waals surface area contributed by atoms with Gasteiger partial charge in [0.25, 0.3) is 0 Å². The van der Waals surface area contributed by atoms with Crippen LogP contribution in [-0.2, 0) is 19.4 Å². The molecule has 0 saturated carbocycles. The van der Waals surface area contributed by atoms with Gasteiger partial charge in [-0.3, -0.25) is 4.68 Å². The molecule has 0 saturated heterocycles. The molecule has 5 heteroatoms. The van der Waals surface area contributed by atoms with Crippen LogP contribution in [0.4, 0.5) is 0 Å². The van der Waals surface area contributed by atoms with Crippen LogP contribution in [-0.4, -0.2) is 9.78 Å². The van der Waals surface area contributed by atoms with Crippen molar-refractivity contribution in [3.63, 3.8) is 0 Å². The zero-order valence-electron chi connectivity index (χ0n) is 11.7. The molecule has 2 N–H and O–H groups in total. The number of nitrogens with two attached hydrogens (primary N) is 1. The van der Waals surface area contributed by atoms with Gasteiger partial charge in [-0.1, -0.05) is 48.3 Å². The highest BCUT2D eigenvalue weighted by Gasteiger charge is 2.18. The lowest BCUT2D eigenvalue weighted by Gasteiger charge is -2.14. The summed E-state index contributed by atoms with van der Waals surface area (Å²) in [6, 6.07) is 7.46. The second-order valence-corrected chi connectivity index (χ2v) is 5.49. The Labute approximate surface area is 129 Å². The molecule has 1 aromatic carbocycles. The van der Waals surface area contributed by atoms with Crippen molar-refractivity contribution in [1.29, 1.82) is 0 Å². The standard InChI is InChI=1S/C15H19Cl2N3/c1-3-13-15(17)14(20(4-2)19-13)9-12(18)10-7-5-6-8-11(10)16/h5-8,12H,3-4,9,18H2,1-2H3. The van der Waals surface area contributed by atoms with E-state index >= 15 is 0 Å². The predicted octanol–water partition coefficient (Wildman–Crippen LogP) is 4.01. The molecule has 0 aliphatic carbocycles. The van der Waals surface area contributed by atoms with Crippen LogP contribution in [0, 0.1) is 0 Å². The molecule has 0 spiro atoms. The van der Waals surface area contributed by atoms with E-state index in [0.29, 0.717) is 11.4 Å². The maximum Gasteiger partial charge on any atom is 0.0850 e. The van der Waals surface area contributed by atoms with Crippen LogP contribution < -0.4 is 5.73 Å². The summed E-state index contributed by atoms with van der Waals surface area (Å²) in [4.78, 5) is 0. The van der Waals surface area contributed by atoms with Crippen LogP contribution in [0.2, 0.25) is 10.0 Å². The molecule has 0 aliphatic heterocycles. The molecule has 2 rings (SSSR count). The van der Waals surface area contributed by atoms with Crippen molar-refractivity contribution in [3.8, 4) is 0 Å². The highest BCUT2D eigenvalue weighted by atomic mass is 35.5. The summed E-state index contributed by atoms with van der Waals surface area (Å²) in [6.07, 6.45) is 1.45. The molecule has 0 fully saturated rings. The summed E-state index contributed by atoms with van der Waals surface area (Å²) >= 11 is 12.6. The van der Waals surface area contributed by atoms with Crippen LogP contribution in [0.15, 0.2) is 24.3 Å². The Hall–Kier alpha value is -1.03. The molecule has 3 nitrogen and oxygen atoms in total. The van der Waals surface area contributed by atoms with E-state index in [9.17, 15) is 0 Å². The summed E-state index contributed by atoms with van der Waals surface area (Å²) in [5.41, 5.74) is 9.13. The van der Waals surface area contributed by atoms with Gasteiger partial charge in [-0.05, 0) is 25.0 Å². The van der Waals surface area contributed by atoms with Crippen molar-refractivity contribution in [3.05, 3.63) is 51.3 Å². The average molecular weight is 312 g/mol. The number of nitrogens with zero attached hydrogens (tertiary/aromatic N) is 2. The lowest BCUT2D eigenvalue weighted by atomic mass is 10.0. The van der Waals surface area contributed by atoms with E-state index in [0.717, 1.165) is 34.9 Å². The van der Waals surface area contributed by atoms with Crippen LogP contribution in [0.3, 0.4) is 0 Å². The molecule has 1 aromatic heterocycles. The first kappa shape index (κ1) is 15.4. The van der Waals surface area contributed by atoms with Gasteiger partial charge in [-0.15, -0.1) is 0 Å². The van der Waals surface area contributed by atoms with E-state index in [1.54, 1.807) is 0 Å². The first-order valence-electron chi connectivity index (χ1n) is 6.82. The molecule has 1 heterocycles. The summed E-state index contributed by atoms with van der Waals surface area (Å²) in [6.45, 7) is 4.88. The van der Waals surface area contributed by atoms with Gasteiger partial charge in [0.15, 0.2) is 0 Å². The highest BCUT2D eigenvalue weighted by molar-refractivity contribution is 6.32. The lowest BCUT2D eigenvalue weighted by molar-refractivity contribution is 0.585. The Bertz CT molecular complexity index is 593. The molecular weight excluding hydrogens is 293 g/mol. The third kappa shape index (κ3) is 3.00. The Balaban J connectivity index is 2.30. The molecule has 2 aromatic rings. The van der Waals surface area contributed by atoms with Gasteiger partial charge < -0.3 is 5.73 Å².